The number of nitrogens with zero attached hydrogens (tertiary/aromatic N) is 2. The monoisotopic (exact) mass is 481 g/mol. The number of ether oxygens (including phenoxy) is 1. The molecule has 182 valence electrons. The van der Waals surface area contributed by atoms with Gasteiger partial charge < -0.3 is 14.4 Å². The lowest BCUT2D eigenvalue weighted by Crippen LogP contribution is -2.19. The molecule has 36 heavy (non-hydrogen) atoms. The van der Waals surface area contributed by atoms with Gasteiger partial charge in [-0.25, -0.2) is 9.78 Å². The zero-order valence-electron chi connectivity index (χ0n) is 20.1. The zero-order valence-corrected chi connectivity index (χ0v) is 20.1. The molecule has 1 aromatic heterocycles. The Labute approximate surface area is 209 Å². The van der Waals surface area contributed by atoms with E-state index in [4.69, 9.17) is 4.74 Å². The molecule has 0 saturated heterocycles. The molecule has 1 heterocycles. The van der Waals surface area contributed by atoms with Crippen molar-refractivity contribution in [2.24, 2.45) is 7.05 Å². The first-order chi connectivity index (χ1) is 17.4. The van der Waals surface area contributed by atoms with Gasteiger partial charge in [-0.1, -0.05) is 78.9 Å². The quantitative estimate of drug-likeness (QED) is 0.329. The number of hydrogen-bond acceptors (Lipinski definition) is 4. The summed E-state index contributed by atoms with van der Waals surface area (Å²) in [7, 11) is 1.81. The number of anilines is 1. The highest BCUT2D eigenvalue weighted by Crippen LogP contribution is 2.48. The maximum Gasteiger partial charge on any atom is 0.413 e. The van der Waals surface area contributed by atoms with E-state index in [0.717, 1.165) is 27.8 Å². The number of aliphatic carboxylic acids is 1. The highest BCUT2D eigenvalue weighted by Gasteiger charge is 2.51. The van der Waals surface area contributed by atoms with Gasteiger partial charge in [-0.2, -0.15) is 0 Å². The van der Waals surface area contributed by atoms with E-state index in [9.17, 15) is 14.7 Å². The lowest BCUT2D eigenvalue weighted by atomic mass is 9.93. The SMILES string of the molecule is C[C@@H](OC(=O)Nc1c(-c2ccc(-c3ccc(C4(C(=O)O)CC4)cc3)cc2)ncn1C)c1ccccc1. The first-order valence-electron chi connectivity index (χ1n) is 11.9. The van der Waals surface area contributed by atoms with Crippen molar-refractivity contribution in [3.63, 3.8) is 0 Å². The van der Waals surface area contributed by atoms with Crippen LogP contribution in [0.15, 0.2) is 85.2 Å². The maximum absolute atomic E-state index is 12.6. The molecule has 7 heteroatoms. The summed E-state index contributed by atoms with van der Waals surface area (Å²) in [4.78, 5) is 28.7. The average molecular weight is 482 g/mol. The van der Waals surface area contributed by atoms with Crippen molar-refractivity contribution in [1.82, 2.24) is 9.55 Å². The van der Waals surface area contributed by atoms with Crippen LogP contribution in [-0.2, 0) is 22.0 Å². The standard InChI is InChI=1S/C29H27N3O4/c1-19(20-6-4-3-5-7-20)36-28(35)31-26-25(30-18-32(26)2)23-10-8-21(9-11-23)22-12-14-24(15-13-22)29(16-17-29)27(33)34/h3-15,18-19H,16-17H2,1-2H3,(H,31,35)(H,33,34)/t19-/m1/s1. The highest BCUT2D eigenvalue weighted by molar-refractivity contribution is 5.89. The van der Waals surface area contributed by atoms with Gasteiger partial charge in [-0.3, -0.25) is 10.1 Å². The zero-order chi connectivity index (χ0) is 25.3. The third kappa shape index (κ3) is 4.47. The largest absolute Gasteiger partial charge is 0.481 e. The number of imidazole rings is 1. The molecule has 0 bridgehead atoms. The summed E-state index contributed by atoms with van der Waals surface area (Å²) >= 11 is 0. The fourth-order valence-electron chi connectivity index (χ4n) is 4.42. The summed E-state index contributed by atoms with van der Waals surface area (Å²) in [6, 6.07) is 25.2. The van der Waals surface area contributed by atoms with E-state index in [0.29, 0.717) is 24.4 Å². The summed E-state index contributed by atoms with van der Waals surface area (Å²) in [5, 5.41) is 12.3. The fraction of sp³-hybridized carbons (Fsp3) is 0.207. The van der Waals surface area contributed by atoms with Gasteiger partial charge in [0.25, 0.3) is 0 Å². The lowest BCUT2D eigenvalue weighted by molar-refractivity contribution is -0.140. The minimum atomic E-state index is -0.752. The van der Waals surface area contributed by atoms with Crippen LogP contribution in [0.1, 0.15) is 37.0 Å². The molecule has 0 radical (unpaired) electrons. The Morgan fingerprint density at radius 1 is 0.944 bits per heavy atom. The molecule has 0 aliphatic heterocycles. The average Bonchev–Trinajstić information content (AvgIpc) is 3.64. The summed E-state index contributed by atoms with van der Waals surface area (Å²) < 4.78 is 7.30. The lowest BCUT2D eigenvalue weighted by Gasteiger charge is -2.15. The number of aromatic nitrogens is 2. The molecule has 1 fully saturated rings. The van der Waals surface area contributed by atoms with Gasteiger partial charge in [0.1, 0.15) is 17.6 Å². The van der Waals surface area contributed by atoms with Crippen molar-refractivity contribution in [2.45, 2.75) is 31.3 Å². The van der Waals surface area contributed by atoms with Crippen molar-refractivity contribution in [2.75, 3.05) is 5.32 Å². The van der Waals surface area contributed by atoms with E-state index in [1.165, 1.54) is 0 Å². The van der Waals surface area contributed by atoms with Gasteiger partial charge in [0.2, 0.25) is 0 Å². The predicted octanol–water partition coefficient (Wildman–Crippen LogP) is 6.18. The number of benzene rings is 3. The van der Waals surface area contributed by atoms with Crippen LogP contribution < -0.4 is 5.32 Å². The van der Waals surface area contributed by atoms with Crippen LogP contribution in [0.5, 0.6) is 0 Å². The van der Waals surface area contributed by atoms with Crippen LogP contribution in [-0.4, -0.2) is 26.7 Å². The van der Waals surface area contributed by atoms with Crippen molar-refractivity contribution < 1.29 is 19.4 Å². The van der Waals surface area contributed by atoms with Crippen molar-refractivity contribution in [3.8, 4) is 22.4 Å². The minimum absolute atomic E-state index is 0.390. The molecule has 1 aliphatic rings. The van der Waals surface area contributed by atoms with Crippen LogP contribution in [0.25, 0.3) is 22.4 Å². The molecule has 1 atom stereocenters. The van der Waals surface area contributed by atoms with Crippen molar-refractivity contribution >= 4 is 17.9 Å². The van der Waals surface area contributed by atoms with Gasteiger partial charge in [-0.15, -0.1) is 0 Å². The number of aryl methyl sites for hydroxylation is 1. The second-order valence-corrected chi connectivity index (χ2v) is 9.18. The topological polar surface area (TPSA) is 93.4 Å². The minimum Gasteiger partial charge on any atom is -0.481 e. The third-order valence-electron chi connectivity index (χ3n) is 6.80. The number of carboxylic acids is 1. The number of amides is 1. The molecule has 4 aromatic rings. The maximum atomic E-state index is 12.6. The second kappa shape index (κ2) is 9.34. The highest BCUT2D eigenvalue weighted by atomic mass is 16.6. The van der Waals surface area contributed by atoms with Crippen LogP contribution in [0.3, 0.4) is 0 Å². The third-order valence-corrected chi connectivity index (χ3v) is 6.80. The fourth-order valence-corrected chi connectivity index (χ4v) is 4.42. The number of carbonyl (C=O) groups excluding carboxylic acids is 1. The first kappa shape index (κ1) is 23.4. The van der Waals surface area contributed by atoms with Gasteiger partial charge in [0.15, 0.2) is 0 Å². The van der Waals surface area contributed by atoms with Gasteiger partial charge in [-0.05, 0) is 42.0 Å². The van der Waals surface area contributed by atoms with Gasteiger partial charge in [0.05, 0.1) is 11.7 Å². The number of hydrogen-bond donors (Lipinski definition) is 2. The number of carbonyl (C=O) groups is 2. The molecule has 1 aliphatic carbocycles. The van der Waals surface area contributed by atoms with Crippen LogP contribution in [0.4, 0.5) is 10.6 Å². The van der Waals surface area contributed by atoms with E-state index in [1.54, 1.807) is 10.9 Å². The van der Waals surface area contributed by atoms with E-state index < -0.39 is 17.5 Å². The molecule has 1 saturated carbocycles. The van der Waals surface area contributed by atoms with E-state index in [1.807, 2.05) is 92.8 Å². The molecule has 2 N–H and O–H groups in total. The summed E-state index contributed by atoms with van der Waals surface area (Å²) in [6.45, 7) is 1.83. The Balaban J connectivity index is 1.30. The molecule has 0 unspecified atom stereocenters. The molecule has 3 aromatic carbocycles. The van der Waals surface area contributed by atoms with E-state index >= 15 is 0 Å². The Hall–Kier alpha value is -4.39. The molecule has 7 nitrogen and oxygen atoms in total. The number of carboxylic acid groups (broad SMARTS) is 1. The first-order valence-corrected chi connectivity index (χ1v) is 11.9. The predicted molar refractivity (Wildman–Crippen MR) is 138 cm³/mol. The summed E-state index contributed by atoms with van der Waals surface area (Å²) in [5.41, 5.74) is 4.57. The van der Waals surface area contributed by atoms with Crippen LogP contribution in [0.2, 0.25) is 0 Å². The Morgan fingerprint density at radius 2 is 1.53 bits per heavy atom. The summed E-state index contributed by atoms with van der Waals surface area (Å²) in [6.07, 6.45) is 2.08. The number of rotatable bonds is 7. The summed E-state index contributed by atoms with van der Waals surface area (Å²) in [5.74, 6) is -0.210. The molecular weight excluding hydrogens is 454 g/mol. The molecule has 0 spiro atoms. The molecule has 5 rings (SSSR count). The van der Waals surface area contributed by atoms with Crippen LogP contribution in [0, 0.1) is 0 Å². The van der Waals surface area contributed by atoms with E-state index in [2.05, 4.69) is 10.3 Å². The van der Waals surface area contributed by atoms with Crippen molar-refractivity contribution in [3.05, 3.63) is 96.3 Å². The van der Waals surface area contributed by atoms with E-state index in [-0.39, 0.29) is 6.10 Å². The smallest absolute Gasteiger partial charge is 0.413 e. The second-order valence-electron chi connectivity index (χ2n) is 9.18. The molecular formula is C29H27N3O4. The molecule has 1 amide bonds. The normalized spacial score (nSPS) is 14.6. The Kier molecular flexibility index (Phi) is 6.06. The Bertz CT molecular complexity index is 1390. The number of nitrogens with one attached hydrogen (secondary N) is 1. The Morgan fingerprint density at radius 3 is 2.11 bits per heavy atom. The van der Waals surface area contributed by atoms with Crippen molar-refractivity contribution in [1.29, 1.82) is 0 Å². The van der Waals surface area contributed by atoms with Gasteiger partial charge >= 0.3 is 12.1 Å². The van der Waals surface area contributed by atoms with Gasteiger partial charge in [0, 0.05) is 12.6 Å². The van der Waals surface area contributed by atoms with Crippen LogP contribution >= 0.6 is 0 Å².